The average Bonchev–Trinajstić information content (AvgIpc) is 3.09. The predicted octanol–water partition coefficient (Wildman–Crippen LogP) is 2.81. The molecule has 27 heavy (non-hydrogen) atoms. The van der Waals surface area contributed by atoms with Crippen LogP contribution in [-0.4, -0.2) is 57.3 Å². The van der Waals surface area contributed by atoms with Crippen LogP contribution in [0.5, 0.6) is 5.88 Å². The molecule has 0 aliphatic carbocycles. The van der Waals surface area contributed by atoms with Gasteiger partial charge in [0, 0.05) is 42.7 Å². The second-order valence-corrected chi connectivity index (χ2v) is 6.47. The van der Waals surface area contributed by atoms with Gasteiger partial charge in [-0.3, -0.25) is 4.90 Å². The SMILES string of the molecule is CC(C)N1CCC(Oc2ccc3ccccc3n2)C1.O=C(O)/C=C\C(=O)O. The Balaban J connectivity index is 0.000000279. The van der Waals surface area contributed by atoms with Crippen LogP contribution < -0.4 is 4.74 Å². The molecule has 1 saturated heterocycles. The lowest BCUT2D eigenvalue weighted by molar-refractivity contribution is -0.134. The van der Waals surface area contributed by atoms with E-state index in [4.69, 9.17) is 14.9 Å². The summed E-state index contributed by atoms with van der Waals surface area (Å²) in [6.45, 7) is 6.59. The first-order valence-electron chi connectivity index (χ1n) is 8.75. The van der Waals surface area contributed by atoms with Gasteiger partial charge in [-0.1, -0.05) is 18.2 Å². The molecule has 7 nitrogen and oxygen atoms in total. The predicted molar refractivity (Wildman–Crippen MR) is 102 cm³/mol. The summed E-state index contributed by atoms with van der Waals surface area (Å²) in [6.07, 6.45) is 2.48. The summed E-state index contributed by atoms with van der Waals surface area (Å²) in [5, 5.41) is 16.8. The minimum absolute atomic E-state index is 0.274. The van der Waals surface area contributed by atoms with Gasteiger partial charge >= 0.3 is 11.9 Å². The molecule has 2 aromatic rings. The monoisotopic (exact) mass is 372 g/mol. The Hall–Kier alpha value is -2.93. The molecule has 0 saturated carbocycles. The minimum atomic E-state index is -1.26. The van der Waals surface area contributed by atoms with Crippen LogP contribution in [0, 0.1) is 0 Å². The highest BCUT2D eigenvalue weighted by atomic mass is 16.5. The molecule has 0 amide bonds. The summed E-state index contributed by atoms with van der Waals surface area (Å²) in [5.74, 6) is -1.77. The van der Waals surface area contributed by atoms with Gasteiger partial charge in [-0.25, -0.2) is 14.6 Å². The molecule has 7 heteroatoms. The lowest BCUT2D eigenvalue weighted by Crippen LogP contribution is -2.30. The van der Waals surface area contributed by atoms with Crippen LogP contribution in [0.2, 0.25) is 0 Å². The Labute approximate surface area is 157 Å². The molecule has 0 spiro atoms. The number of benzene rings is 1. The van der Waals surface area contributed by atoms with E-state index in [1.54, 1.807) is 0 Å². The van der Waals surface area contributed by atoms with E-state index >= 15 is 0 Å². The van der Waals surface area contributed by atoms with Crippen LogP contribution in [-0.2, 0) is 9.59 Å². The zero-order valence-electron chi connectivity index (χ0n) is 15.4. The molecule has 144 valence electrons. The van der Waals surface area contributed by atoms with Crippen LogP contribution in [0.15, 0.2) is 48.6 Å². The number of hydrogen-bond donors (Lipinski definition) is 2. The van der Waals surface area contributed by atoms with Crippen molar-refractivity contribution in [1.29, 1.82) is 0 Å². The third-order valence-electron chi connectivity index (χ3n) is 4.14. The average molecular weight is 372 g/mol. The molecule has 1 aromatic heterocycles. The Kier molecular flexibility index (Phi) is 7.31. The number of carbonyl (C=O) groups is 2. The van der Waals surface area contributed by atoms with Crippen molar-refractivity contribution in [1.82, 2.24) is 9.88 Å². The quantitative estimate of drug-likeness (QED) is 0.779. The number of ether oxygens (including phenoxy) is 1. The molecule has 0 radical (unpaired) electrons. The van der Waals surface area contributed by atoms with Crippen LogP contribution >= 0.6 is 0 Å². The molecule has 1 aromatic carbocycles. The lowest BCUT2D eigenvalue weighted by atomic mass is 10.2. The molecule has 1 unspecified atom stereocenters. The molecule has 3 rings (SSSR count). The van der Waals surface area contributed by atoms with Crippen LogP contribution in [0.25, 0.3) is 10.9 Å². The third kappa shape index (κ3) is 6.71. The number of aromatic nitrogens is 1. The summed E-state index contributed by atoms with van der Waals surface area (Å²) < 4.78 is 6.01. The van der Waals surface area contributed by atoms with Gasteiger partial charge < -0.3 is 14.9 Å². The number of likely N-dealkylation sites (tertiary alicyclic amines) is 1. The number of para-hydroxylation sites is 1. The summed E-state index contributed by atoms with van der Waals surface area (Å²) in [4.78, 5) is 26.1. The smallest absolute Gasteiger partial charge is 0.328 e. The zero-order chi connectivity index (χ0) is 19.8. The van der Waals surface area contributed by atoms with E-state index < -0.39 is 11.9 Å². The van der Waals surface area contributed by atoms with Crippen LogP contribution in [0.1, 0.15) is 20.3 Å². The fourth-order valence-corrected chi connectivity index (χ4v) is 2.75. The molecular weight excluding hydrogens is 348 g/mol. The highest BCUT2D eigenvalue weighted by Crippen LogP contribution is 2.21. The highest BCUT2D eigenvalue weighted by Gasteiger charge is 2.25. The number of pyridine rings is 1. The molecule has 1 aliphatic heterocycles. The molecule has 2 heterocycles. The number of nitrogens with zero attached hydrogens (tertiary/aromatic N) is 2. The van der Waals surface area contributed by atoms with Gasteiger partial charge in [-0.2, -0.15) is 0 Å². The molecular formula is C20H24N2O5. The van der Waals surface area contributed by atoms with Gasteiger partial charge in [-0.05, 0) is 32.4 Å². The number of fused-ring (bicyclic) bond motifs is 1. The van der Waals surface area contributed by atoms with E-state index in [9.17, 15) is 9.59 Å². The number of aliphatic carboxylic acids is 2. The van der Waals surface area contributed by atoms with E-state index in [-0.39, 0.29) is 6.10 Å². The Morgan fingerprint density at radius 1 is 1.15 bits per heavy atom. The maximum atomic E-state index is 9.55. The van der Waals surface area contributed by atoms with Gasteiger partial charge in [0.1, 0.15) is 6.10 Å². The van der Waals surface area contributed by atoms with E-state index in [0.29, 0.717) is 18.2 Å². The number of rotatable bonds is 5. The van der Waals surface area contributed by atoms with Gasteiger partial charge in [-0.15, -0.1) is 0 Å². The van der Waals surface area contributed by atoms with E-state index in [2.05, 4.69) is 35.9 Å². The summed E-state index contributed by atoms with van der Waals surface area (Å²) in [5.41, 5.74) is 0.999. The van der Waals surface area contributed by atoms with Crippen molar-refractivity contribution >= 4 is 22.8 Å². The lowest BCUT2D eigenvalue weighted by Gasteiger charge is -2.20. The number of hydrogen-bond acceptors (Lipinski definition) is 5. The standard InChI is InChI=1S/C16H20N2O.C4H4O4/c1-12(2)18-10-9-14(11-18)19-16-8-7-13-5-3-4-6-15(13)17-16;5-3(6)1-2-4(7)8/h3-8,12,14H,9-11H2,1-2H3;1-2H,(H,5,6)(H,7,8)/b;2-1-. The number of carboxylic acid groups (broad SMARTS) is 2. The summed E-state index contributed by atoms with van der Waals surface area (Å²) in [7, 11) is 0. The highest BCUT2D eigenvalue weighted by molar-refractivity contribution is 5.89. The van der Waals surface area contributed by atoms with Gasteiger partial charge in [0.15, 0.2) is 0 Å². The molecule has 1 aliphatic rings. The topological polar surface area (TPSA) is 100.0 Å². The number of carboxylic acids is 2. The van der Waals surface area contributed by atoms with Crippen LogP contribution in [0.4, 0.5) is 0 Å². The molecule has 1 atom stereocenters. The molecule has 0 bridgehead atoms. The normalized spacial score (nSPS) is 17.1. The first-order chi connectivity index (χ1) is 12.8. The fraction of sp³-hybridized carbons (Fsp3) is 0.350. The maximum absolute atomic E-state index is 9.55. The Morgan fingerprint density at radius 2 is 1.81 bits per heavy atom. The zero-order valence-corrected chi connectivity index (χ0v) is 15.4. The van der Waals surface area contributed by atoms with Gasteiger partial charge in [0.2, 0.25) is 5.88 Å². The maximum Gasteiger partial charge on any atom is 0.328 e. The third-order valence-corrected chi connectivity index (χ3v) is 4.14. The van der Waals surface area contributed by atoms with Crippen molar-refractivity contribution in [2.75, 3.05) is 13.1 Å². The van der Waals surface area contributed by atoms with Crippen LogP contribution in [0.3, 0.4) is 0 Å². The van der Waals surface area contributed by atoms with Gasteiger partial charge in [0.25, 0.3) is 0 Å². The molecule has 1 fully saturated rings. The summed E-state index contributed by atoms with van der Waals surface area (Å²) >= 11 is 0. The van der Waals surface area contributed by atoms with Crippen molar-refractivity contribution in [2.24, 2.45) is 0 Å². The second kappa shape index (κ2) is 9.68. The van der Waals surface area contributed by atoms with E-state index in [1.165, 1.54) is 0 Å². The Bertz CT molecular complexity index is 803. The van der Waals surface area contributed by atoms with E-state index in [1.807, 2.05) is 24.3 Å². The van der Waals surface area contributed by atoms with Gasteiger partial charge in [0.05, 0.1) is 5.52 Å². The van der Waals surface area contributed by atoms with Crippen molar-refractivity contribution < 1.29 is 24.5 Å². The molecule has 2 N–H and O–H groups in total. The van der Waals surface area contributed by atoms with E-state index in [0.717, 1.165) is 36.3 Å². The van der Waals surface area contributed by atoms with Crippen molar-refractivity contribution in [3.63, 3.8) is 0 Å². The second-order valence-electron chi connectivity index (χ2n) is 6.47. The van der Waals surface area contributed by atoms with Crippen molar-refractivity contribution in [3.05, 3.63) is 48.6 Å². The Morgan fingerprint density at radius 3 is 2.41 bits per heavy atom. The largest absolute Gasteiger partial charge is 0.478 e. The first kappa shape index (κ1) is 20.4. The first-order valence-corrected chi connectivity index (χ1v) is 8.75. The summed E-state index contributed by atoms with van der Waals surface area (Å²) in [6, 6.07) is 12.8. The minimum Gasteiger partial charge on any atom is -0.478 e. The van der Waals surface area contributed by atoms with Crippen molar-refractivity contribution in [3.8, 4) is 5.88 Å². The fourth-order valence-electron chi connectivity index (χ4n) is 2.75. The van der Waals surface area contributed by atoms with Crippen molar-refractivity contribution in [2.45, 2.75) is 32.4 Å².